The molecule has 1 amide bonds. The molecule has 1 aliphatic heterocycles. The van der Waals surface area contributed by atoms with Crippen molar-refractivity contribution in [3.05, 3.63) is 53.9 Å². The standard InChI is InChI=1S/C22H26N6O2/c1-14-5-4-8-23-22(14)24-19-11-15(2)28(16(3)30)21-7-6-17(12-18(19)21)20-13-27(9-10-29)26-25-20/h4-8,12-13,15,19,29H,9-11H2,1-3H3,(H,23,24). The number of aliphatic hydroxyl groups is 1. The molecule has 2 unspecified atom stereocenters. The van der Waals surface area contributed by atoms with Crippen LogP contribution in [0, 0.1) is 6.92 Å². The van der Waals surface area contributed by atoms with E-state index in [9.17, 15) is 4.79 Å². The monoisotopic (exact) mass is 406 g/mol. The summed E-state index contributed by atoms with van der Waals surface area (Å²) in [6.07, 6.45) is 4.36. The third-order valence-electron chi connectivity index (χ3n) is 5.50. The zero-order chi connectivity index (χ0) is 21.3. The second kappa shape index (κ2) is 8.23. The number of aryl methyl sites for hydroxylation is 1. The number of hydrogen-bond donors (Lipinski definition) is 2. The highest BCUT2D eigenvalue weighted by Crippen LogP contribution is 2.41. The van der Waals surface area contributed by atoms with Gasteiger partial charge in [0.15, 0.2) is 0 Å². The Bertz CT molecular complexity index is 1060. The first-order valence-electron chi connectivity index (χ1n) is 10.1. The Morgan fingerprint density at radius 3 is 2.90 bits per heavy atom. The minimum absolute atomic E-state index is 0.00615. The molecule has 156 valence electrons. The summed E-state index contributed by atoms with van der Waals surface area (Å²) in [5.74, 6) is 0.870. The van der Waals surface area contributed by atoms with E-state index in [4.69, 9.17) is 5.11 Å². The molecule has 4 rings (SSSR count). The van der Waals surface area contributed by atoms with E-state index < -0.39 is 0 Å². The second-order valence-corrected chi connectivity index (χ2v) is 7.70. The maximum absolute atomic E-state index is 12.4. The van der Waals surface area contributed by atoms with E-state index in [0.29, 0.717) is 6.54 Å². The molecular formula is C22H26N6O2. The molecule has 0 saturated heterocycles. The first-order chi connectivity index (χ1) is 14.5. The van der Waals surface area contributed by atoms with Crippen LogP contribution in [0.15, 0.2) is 42.7 Å². The van der Waals surface area contributed by atoms with Gasteiger partial charge in [-0.2, -0.15) is 0 Å². The second-order valence-electron chi connectivity index (χ2n) is 7.70. The van der Waals surface area contributed by atoms with Crippen LogP contribution in [0.2, 0.25) is 0 Å². The predicted octanol–water partition coefficient (Wildman–Crippen LogP) is 2.94. The number of hydrogen-bond acceptors (Lipinski definition) is 6. The quantitative estimate of drug-likeness (QED) is 0.676. The van der Waals surface area contributed by atoms with Crippen LogP contribution < -0.4 is 10.2 Å². The molecule has 30 heavy (non-hydrogen) atoms. The van der Waals surface area contributed by atoms with E-state index >= 15 is 0 Å². The normalized spacial score (nSPS) is 18.2. The molecule has 0 saturated carbocycles. The number of amides is 1. The Labute approximate surface area is 175 Å². The Morgan fingerprint density at radius 2 is 2.17 bits per heavy atom. The minimum Gasteiger partial charge on any atom is -0.394 e. The maximum Gasteiger partial charge on any atom is 0.224 e. The van der Waals surface area contributed by atoms with Crippen LogP contribution >= 0.6 is 0 Å². The minimum atomic E-state index is 0.00615. The smallest absolute Gasteiger partial charge is 0.224 e. The van der Waals surface area contributed by atoms with E-state index in [1.54, 1.807) is 17.8 Å². The highest BCUT2D eigenvalue weighted by atomic mass is 16.3. The van der Waals surface area contributed by atoms with Crippen molar-refractivity contribution in [2.75, 3.05) is 16.8 Å². The Hall–Kier alpha value is -3.26. The first-order valence-corrected chi connectivity index (χ1v) is 10.1. The van der Waals surface area contributed by atoms with Gasteiger partial charge in [0, 0.05) is 30.4 Å². The number of nitrogens with one attached hydrogen (secondary N) is 1. The van der Waals surface area contributed by atoms with Crippen molar-refractivity contribution in [1.82, 2.24) is 20.0 Å². The summed E-state index contributed by atoms with van der Waals surface area (Å²) in [7, 11) is 0. The van der Waals surface area contributed by atoms with Crippen LogP contribution in [0.25, 0.3) is 11.3 Å². The van der Waals surface area contributed by atoms with Gasteiger partial charge in [-0.1, -0.05) is 17.3 Å². The molecule has 0 spiro atoms. The lowest BCUT2D eigenvalue weighted by Gasteiger charge is -2.39. The van der Waals surface area contributed by atoms with E-state index in [2.05, 4.69) is 33.6 Å². The van der Waals surface area contributed by atoms with Crippen LogP contribution in [0.5, 0.6) is 0 Å². The largest absolute Gasteiger partial charge is 0.394 e. The summed E-state index contributed by atoms with van der Waals surface area (Å²) in [5.41, 5.74) is 4.65. The third-order valence-corrected chi connectivity index (χ3v) is 5.50. The fourth-order valence-electron chi connectivity index (χ4n) is 4.08. The molecule has 8 heteroatoms. The fourth-order valence-corrected chi connectivity index (χ4v) is 4.08. The summed E-state index contributed by atoms with van der Waals surface area (Å²) in [6, 6.07) is 10.0. The molecule has 1 aliphatic rings. The topological polar surface area (TPSA) is 96.2 Å². The van der Waals surface area contributed by atoms with Crippen molar-refractivity contribution in [2.45, 2.75) is 45.8 Å². The lowest BCUT2D eigenvalue weighted by Crippen LogP contribution is -2.43. The van der Waals surface area contributed by atoms with Crippen molar-refractivity contribution < 1.29 is 9.90 Å². The molecule has 8 nitrogen and oxygen atoms in total. The van der Waals surface area contributed by atoms with E-state index in [0.717, 1.165) is 40.3 Å². The summed E-state index contributed by atoms with van der Waals surface area (Å²) in [4.78, 5) is 18.7. The zero-order valence-corrected chi connectivity index (χ0v) is 17.4. The zero-order valence-electron chi connectivity index (χ0n) is 17.4. The molecule has 0 radical (unpaired) electrons. The van der Waals surface area contributed by atoms with Gasteiger partial charge < -0.3 is 15.3 Å². The van der Waals surface area contributed by atoms with Crippen LogP contribution in [0.4, 0.5) is 11.5 Å². The van der Waals surface area contributed by atoms with Crippen molar-refractivity contribution >= 4 is 17.4 Å². The predicted molar refractivity (Wildman–Crippen MR) is 115 cm³/mol. The van der Waals surface area contributed by atoms with Gasteiger partial charge in [-0.3, -0.25) is 4.79 Å². The average molecular weight is 406 g/mol. The van der Waals surface area contributed by atoms with Gasteiger partial charge in [-0.25, -0.2) is 9.67 Å². The number of carbonyl (C=O) groups excluding carboxylic acids is 1. The summed E-state index contributed by atoms with van der Waals surface area (Å²) in [6.45, 7) is 6.11. The number of nitrogens with zero attached hydrogens (tertiary/aromatic N) is 5. The van der Waals surface area contributed by atoms with E-state index in [-0.39, 0.29) is 24.6 Å². The fraction of sp³-hybridized carbons (Fsp3) is 0.364. The molecule has 0 bridgehead atoms. The van der Waals surface area contributed by atoms with Crippen molar-refractivity contribution in [3.8, 4) is 11.3 Å². The lowest BCUT2D eigenvalue weighted by molar-refractivity contribution is -0.117. The number of carbonyl (C=O) groups is 1. The van der Waals surface area contributed by atoms with Gasteiger partial charge in [-0.15, -0.1) is 5.10 Å². The molecule has 0 fully saturated rings. The summed E-state index contributed by atoms with van der Waals surface area (Å²) >= 11 is 0. The number of aromatic nitrogens is 4. The Balaban J connectivity index is 1.76. The van der Waals surface area contributed by atoms with Gasteiger partial charge in [0.05, 0.1) is 25.4 Å². The van der Waals surface area contributed by atoms with Gasteiger partial charge >= 0.3 is 0 Å². The van der Waals surface area contributed by atoms with Crippen LogP contribution in [-0.2, 0) is 11.3 Å². The van der Waals surface area contributed by atoms with Crippen LogP contribution in [0.3, 0.4) is 0 Å². The molecule has 2 atom stereocenters. The van der Waals surface area contributed by atoms with Gasteiger partial charge in [-0.05, 0) is 49.6 Å². The summed E-state index contributed by atoms with van der Waals surface area (Å²) in [5, 5.41) is 21.0. The number of aliphatic hydroxyl groups excluding tert-OH is 1. The maximum atomic E-state index is 12.4. The van der Waals surface area contributed by atoms with Crippen LogP contribution in [-0.4, -0.2) is 43.6 Å². The Kier molecular flexibility index (Phi) is 5.50. The number of pyridine rings is 1. The molecule has 2 N–H and O–H groups in total. The highest BCUT2D eigenvalue weighted by molar-refractivity contribution is 5.94. The SMILES string of the molecule is CC(=O)N1c2ccc(-c3cn(CCO)nn3)cc2C(Nc2ncccc2C)CC1C. The van der Waals surface area contributed by atoms with Crippen LogP contribution in [0.1, 0.15) is 37.4 Å². The molecule has 3 heterocycles. The third kappa shape index (κ3) is 3.78. The average Bonchev–Trinajstić information content (AvgIpc) is 3.18. The first kappa shape index (κ1) is 20.0. The van der Waals surface area contributed by atoms with Crippen molar-refractivity contribution in [3.63, 3.8) is 0 Å². The number of rotatable bonds is 5. The molecule has 3 aromatic rings. The molecular weight excluding hydrogens is 380 g/mol. The van der Waals surface area contributed by atoms with Crippen molar-refractivity contribution in [2.24, 2.45) is 0 Å². The highest BCUT2D eigenvalue weighted by Gasteiger charge is 2.33. The van der Waals surface area contributed by atoms with Gasteiger partial charge in [0.2, 0.25) is 5.91 Å². The lowest BCUT2D eigenvalue weighted by atomic mass is 9.89. The number of benzene rings is 1. The summed E-state index contributed by atoms with van der Waals surface area (Å²) < 4.78 is 1.62. The Morgan fingerprint density at radius 1 is 1.33 bits per heavy atom. The molecule has 2 aromatic heterocycles. The van der Waals surface area contributed by atoms with Gasteiger partial charge in [0.1, 0.15) is 11.5 Å². The van der Waals surface area contributed by atoms with E-state index in [1.807, 2.05) is 42.3 Å². The van der Waals surface area contributed by atoms with Crippen molar-refractivity contribution in [1.29, 1.82) is 0 Å². The van der Waals surface area contributed by atoms with E-state index in [1.165, 1.54) is 0 Å². The number of fused-ring (bicyclic) bond motifs is 1. The molecule has 1 aromatic carbocycles. The van der Waals surface area contributed by atoms with Gasteiger partial charge in [0.25, 0.3) is 0 Å². The molecule has 0 aliphatic carbocycles. The number of anilines is 2.